The molecule has 0 radical (unpaired) electrons. The van der Waals surface area contributed by atoms with Gasteiger partial charge in [0.2, 0.25) is 14.9 Å². The van der Waals surface area contributed by atoms with Gasteiger partial charge < -0.3 is 4.42 Å². The summed E-state index contributed by atoms with van der Waals surface area (Å²) in [5.74, 6) is -0.103. The van der Waals surface area contributed by atoms with E-state index in [1.165, 1.54) is 6.92 Å². The molecule has 0 amide bonds. The molecule has 0 aliphatic carbocycles. The minimum atomic E-state index is -3.52. The second-order valence-corrected chi connectivity index (χ2v) is 7.88. The van der Waals surface area contributed by atoms with Gasteiger partial charge in [-0.15, -0.1) is 0 Å². The van der Waals surface area contributed by atoms with Gasteiger partial charge in [0.05, 0.1) is 14.7 Å². The molecule has 0 spiro atoms. The fraction of sp³-hybridized carbons (Fsp3) is 0.182. The summed E-state index contributed by atoms with van der Waals surface area (Å²) < 4.78 is 30.3. The van der Waals surface area contributed by atoms with E-state index >= 15 is 0 Å². The fourth-order valence-electron chi connectivity index (χ4n) is 1.46. The molecule has 2 aromatic rings. The quantitative estimate of drug-likeness (QED) is 0.670. The van der Waals surface area contributed by atoms with E-state index in [9.17, 15) is 13.2 Å². The van der Waals surface area contributed by atoms with Gasteiger partial charge in [-0.2, -0.15) is 0 Å². The van der Waals surface area contributed by atoms with Crippen molar-refractivity contribution in [1.29, 1.82) is 0 Å². The highest BCUT2D eigenvalue weighted by Gasteiger charge is 2.18. The smallest absolute Gasteiger partial charge is 0.222 e. The molecular weight excluding hydrogens is 435 g/mol. The van der Waals surface area contributed by atoms with Crippen LogP contribution in [0.2, 0.25) is 0 Å². The molecule has 0 unspecified atom stereocenters. The summed E-state index contributed by atoms with van der Waals surface area (Å²) in [5, 5.41) is 0.0894. The SMILES string of the molecule is CCS(=O)(=O)c1cc(=O)c2cc(Br)cc(I)c2o1. The van der Waals surface area contributed by atoms with Gasteiger partial charge in [0.25, 0.3) is 0 Å². The van der Waals surface area contributed by atoms with E-state index < -0.39 is 9.84 Å². The molecule has 96 valence electrons. The van der Waals surface area contributed by atoms with Crippen LogP contribution in [0.15, 0.2) is 37.0 Å². The molecule has 0 fully saturated rings. The maximum absolute atomic E-state index is 11.9. The lowest BCUT2D eigenvalue weighted by Gasteiger charge is -2.04. The zero-order valence-electron chi connectivity index (χ0n) is 9.24. The Morgan fingerprint density at radius 1 is 1.33 bits per heavy atom. The summed E-state index contributed by atoms with van der Waals surface area (Å²) in [4.78, 5) is 11.9. The Bertz CT molecular complexity index is 779. The minimum Gasteiger partial charge on any atom is -0.443 e. The Morgan fingerprint density at radius 2 is 2.00 bits per heavy atom. The number of halogens is 2. The maximum Gasteiger partial charge on any atom is 0.222 e. The van der Waals surface area contributed by atoms with Crippen molar-refractivity contribution in [3.8, 4) is 0 Å². The predicted octanol–water partition coefficient (Wildman–Crippen LogP) is 2.95. The first kappa shape index (κ1) is 14.0. The van der Waals surface area contributed by atoms with Crippen LogP contribution < -0.4 is 5.43 Å². The summed E-state index contributed by atoms with van der Waals surface area (Å²) in [5.41, 5.74) is -0.0548. The lowest BCUT2D eigenvalue weighted by atomic mass is 10.2. The number of fused-ring (bicyclic) bond motifs is 1. The molecule has 0 saturated heterocycles. The van der Waals surface area contributed by atoms with E-state index in [2.05, 4.69) is 15.9 Å². The highest BCUT2D eigenvalue weighted by atomic mass is 127. The van der Waals surface area contributed by atoms with Crippen molar-refractivity contribution >= 4 is 59.3 Å². The third kappa shape index (κ3) is 2.48. The van der Waals surface area contributed by atoms with Crippen molar-refractivity contribution in [2.75, 3.05) is 5.75 Å². The van der Waals surface area contributed by atoms with Crippen LogP contribution in [0.4, 0.5) is 0 Å². The second kappa shape index (κ2) is 4.93. The van der Waals surface area contributed by atoms with Gasteiger partial charge in [0, 0.05) is 10.5 Å². The molecule has 1 heterocycles. The molecule has 1 aromatic heterocycles. The molecule has 1 aromatic carbocycles. The Labute approximate surface area is 126 Å². The fourth-order valence-corrected chi connectivity index (χ4v) is 3.86. The summed E-state index contributed by atoms with van der Waals surface area (Å²) in [6.07, 6.45) is 0. The van der Waals surface area contributed by atoms with Crippen molar-refractivity contribution in [3.05, 3.63) is 36.5 Å². The largest absolute Gasteiger partial charge is 0.443 e. The van der Waals surface area contributed by atoms with Crippen molar-refractivity contribution in [1.82, 2.24) is 0 Å². The lowest BCUT2D eigenvalue weighted by molar-refractivity contribution is 0.468. The Kier molecular flexibility index (Phi) is 3.84. The van der Waals surface area contributed by atoms with Crippen LogP contribution in [0, 0.1) is 3.57 Å². The van der Waals surface area contributed by atoms with E-state index in [4.69, 9.17) is 4.42 Å². The maximum atomic E-state index is 11.9. The normalized spacial score (nSPS) is 11.9. The lowest BCUT2D eigenvalue weighted by Crippen LogP contribution is -2.09. The standard InChI is InChI=1S/C11H8BrIO4S/c1-2-18(15,16)10-5-9(14)7-3-6(12)4-8(13)11(7)17-10/h3-5H,2H2,1H3. The van der Waals surface area contributed by atoms with Crippen LogP contribution >= 0.6 is 38.5 Å². The van der Waals surface area contributed by atoms with E-state index in [0.29, 0.717) is 14.5 Å². The number of sulfone groups is 1. The average Bonchev–Trinajstić information content (AvgIpc) is 2.30. The molecule has 0 aliphatic heterocycles. The van der Waals surface area contributed by atoms with E-state index in [1.807, 2.05) is 22.6 Å². The molecule has 2 rings (SSSR count). The van der Waals surface area contributed by atoms with Gasteiger partial charge in [-0.05, 0) is 34.7 Å². The average molecular weight is 443 g/mol. The van der Waals surface area contributed by atoms with Crippen LogP contribution in [0.25, 0.3) is 11.0 Å². The Hall–Kier alpha value is -0.410. The van der Waals surface area contributed by atoms with E-state index in [1.54, 1.807) is 12.1 Å². The summed E-state index contributed by atoms with van der Waals surface area (Å²) in [6.45, 7) is 1.51. The third-order valence-electron chi connectivity index (χ3n) is 2.41. The van der Waals surface area contributed by atoms with Crippen molar-refractivity contribution < 1.29 is 12.8 Å². The van der Waals surface area contributed by atoms with Gasteiger partial charge in [-0.1, -0.05) is 22.9 Å². The molecule has 4 nitrogen and oxygen atoms in total. The minimum absolute atomic E-state index is 0.103. The van der Waals surface area contributed by atoms with Gasteiger partial charge in [0.15, 0.2) is 11.0 Å². The molecule has 0 saturated carbocycles. The molecular formula is C11H8BrIO4S. The second-order valence-electron chi connectivity index (χ2n) is 3.60. The third-order valence-corrected chi connectivity index (χ3v) is 5.25. The van der Waals surface area contributed by atoms with Crippen LogP contribution in [0.5, 0.6) is 0 Å². The summed E-state index contributed by atoms with van der Waals surface area (Å²) >= 11 is 5.29. The molecule has 0 aliphatic rings. The number of hydrogen-bond donors (Lipinski definition) is 0. The first-order chi connectivity index (χ1) is 8.35. The monoisotopic (exact) mass is 442 g/mol. The molecule has 0 atom stereocenters. The first-order valence-corrected chi connectivity index (χ1v) is 8.53. The van der Waals surface area contributed by atoms with Crippen LogP contribution in [0.1, 0.15) is 6.92 Å². The summed E-state index contributed by atoms with van der Waals surface area (Å²) in [7, 11) is -3.52. The number of rotatable bonds is 2. The van der Waals surface area contributed by atoms with Crippen molar-refractivity contribution in [2.24, 2.45) is 0 Å². The van der Waals surface area contributed by atoms with E-state index in [0.717, 1.165) is 10.5 Å². The molecule has 0 bridgehead atoms. The van der Waals surface area contributed by atoms with Crippen molar-refractivity contribution in [2.45, 2.75) is 12.0 Å². The molecule has 0 N–H and O–H groups in total. The van der Waals surface area contributed by atoms with Crippen LogP contribution in [-0.2, 0) is 9.84 Å². The zero-order chi connectivity index (χ0) is 13.5. The highest BCUT2D eigenvalue weighted by Crippen LogP contribution is 2.25. The number of hydrogen-bond acceptors (Lipinski definition) is 4. The Balaban J connectivity index is 2.91. The first-order valence-electron chi connectivity index (χ1n) is 5.01. The van der Waals surface area contributed by atoms with Gasteiger partial charge in [0.1, 0.15) is 0 Å². The molecule has 18 heavy (non-hydrogen) atoms. The zero-order valence-corrected chi connectivity index (χ0v) is 13.8. The van der Waals surface area contributed by atoms with Gasteiger partial charge >= 0.3 is 0 Å². The van der Waals surface area contributed by atoms with Gasteiger partial charge in [-0.3, -0.25) is 4.79 Å². The van der Waals surface area contributed by atoms with Crippen LogP contribution in [-0.4, -0.2) is 14.2 Å². The van der Waals surface area contributed by atoms with Crippen molar-refractivity contribution in [3.63, 3.8) is 0 Å². The van der Waals surface area contributed by atoms with Gasteiger partial charge in [-0.25, -0.2) is 8.42 Å². The molecule has 7 heteroatoms. The number of benzene rings is 1. The Morgan fingerprint density at radius 3 is 2.61 bits per heavy atom. The highest BCUT2D eigenvalue weighted by molar-refractivity contribution is 14.1. The van der Waals surface area contributed by atoms with E-state index in [-0.39, 0.29) is 16.3 Å². The summed E-state index contributed by atoms with van der Waals surface area (Å²) in [6, 6.07) is 4.41. The topological polar surface area (TPSA) is 64.3 Å². The van der Waals surface area contributed by atoms with Crippen LogP contribution in [0.3, 0.4) is 0 Å². The predicted molar refractivity (Wildman–Crippen MR) is 80.6 cm³/mol.